The normalized spacial score (nSPS) is 10.9. The van der Waals surface area contributed by atoms with Gasteiger partial charge in [-0.25, -0.2) is 8.42 Å². The number of rotatable bonds is 8. The Kier molecular flexibility index (Phi) is 6.46. The van der Waals surface area contributed by atoms with Gasteiger partial charge in [-0.1, -0.05) is 18.2 Å². The van der Waals surface area contributed by atoms with Gasteiger partial charge in [0.1, 0.15) is 11.5 Å². The van der Waals surface area contributed by atoms with Gasteiger partial charge in [0.2, 0.25) is 10.0 Å². The van der Waals surface area contributed by atoms with Crippen LogP contribution in [-0.2, 0) is 10.0 Å². The molecule has 0 aliphatic rings. The Labute approximate surface area is 153 Å². The van der Waals surface area contributed by atoms with Crippen LogP contribution in [0, 0.1) is 0 Å². The molecule has 0 unspecified atom stereocenters. The maximum Gasteiger partial charge on any atom is 0.251 e. The molecule has 0 spiro atoms. The van der Waals surface area contributed by atoms with Crippen molar-refractivity contribution in [1.29, 1.82) is 0 Å². The predicted octanol–water partition coefficient (Wildman–Crippen LogP) is 1.90. The summed E-state index contributed by atoms with van der Waals surface area (Å²) in [6, 6.07) is 13.6. The van der Waals surface area contributed by atoms with E-state index in [4.69, 9.17) is 9.47 Å². The van der Waals surface area contributed by atoms with Crippen molar-refractivity contribution in [3.8, 4) is 11.5 Å². The number of methoxy groups -OCH3 is 2. The molecule has 0 saturated carbocycles. The first-order valence-corrected chi connectivity index (χ1v) is 9.74. The number of nitrogens with zero attached hydrogens (tertiary/aromatic N) is 1. The number of nitrogens with one attached hydrogen (secondary N) is 1. The standard InChI is InChI=1S/C18H22N2O5S/c1-24-15-8-6-7-14(13-15)18(21)19-11-12-20(26(3,22)23)16-9-4-5-10-17(16)25-2/h4-10,13H,11-12H2,1-3H3,(H,19,21). The van der Waals surface area contributed by atoms with Crippen LogP contribution in [0.15, 0.2) is 48.5 Å². The molecule has 0 aromatic heterocycles. The van der Waals surface area contributed by atoms with Gasteiger partial charge in [-0.05, 0) is 30.3 Å². The van der Waals surface area contributed by atoms with Crippen molar-refractivity contribution in [1.82, 2.24) is 5.32 Å². The number of anilines is 1. The van der Waals surface area contributed by atoms with Gasteiger partial charge < -0.3 is 14.8 Å². The second-order valence-electron chi connectivity index (χ2n) is 5.49. The van der Waals surface area contributed by atoms with Gasteiger partial charge in [-0.2, -0.15) is 0 Å². The zero-order chi connectivity index (χ0) is 19.2. The van der Waals surface area contributed by atoms with Crippen molar-refractivity contribution in [2.45, 2.75) is 0 Å². The summed E-state index contributed by atoms with van der Waals surface area (Å²) in [4.78, 5) is 12.2. The highest BCUT2D eigenvalue weighted by Crippen LogP contribution is 2.29. The summed E-state index contributed by atoms with van der Waals surface area (Å²) in [6.45, 7) is 0.218. The number of ether oxygens (including phenoxy) is 2. The Morgan fingerprint density at radius 3 is 2.46 bits per heavy atom. The molecule has 7 nitrogen and oxygen atoms in total. The average Bonchev–Trinajstić information content (AvgIpc) is 2.64. The van der Waals surface area contributed by atoms with Crippen LogP contribution >= 0.6 is 0 Å². The lowest BCUT2D eigenvalue weighted by atomic mass is 10.2. The molecular weight excluding hydrogens is 356 g/mol. The van der Waals surface area contributed by atoms with Gasteiger partial charge in [0, 0.05) is 12.1 Å². The summed E-state index contributed by atoms with van der Waals surface area (Å²) in [6.07, 6.45) is 1.11. The summed E-state index contributed by atoms with van der Waals surface area (Å²) in [5.74, 6) is 0.707. The number of carbonyl (C=O) groups is 1. The van der Waals surface area contributed by atoms with E-state index in [1.54, 1.807) is 48.5 Å². The third kappa shape index (κ3) is 4.89. The summed E-state index contributed by atoms with van der Waals surface area (Å²) in [5, 5.41) is 2.72. The average molecular weight is 378 g/mol. The fourth-order valence-corrected chi connectivity index (χ4v) is 3.37. The van der Waals surface area contributed by atoms with E-state index >= 15 is 0 Å². The largest absolute Gasteiger partial charge is 0.497 e. The van der Waals surface area contributed by atoms with Crippen molar-refractivity contribution in [2.75, 3.05) is 37.9 Å². The molecule has 0 radical (unpaired) electrons. The Morgan fingerprint density at radius 2 is 1.81 bits per heavy atom. The minimum absolute atomic E-state index is 0.0783. The molecule has 2 aromatic carbocycles. The lowest BCUT2D eigenvalue weighted by molar-refractivity contribution is 0.0954. The summed E-state index contributed by atoms with van der Waals surface area (Å²) in [7, 11) is -0.544. The number of sulfonamides is 1. The van der Waals surface area contributed by atoms with Gasteiger partial charge in [-0.3, -0.25) is 9.10 Å². The number of benzene rings is 2. The molecule has 0 aliphatic heterocycles. The van der Waals surface area contributed by atoms with Crippen LogP contribution in [0.4, 0.5) is 5.69 Å². The predicted molar refractivity (Wildman–Crippen MR) is 101 cm³/mol. The fourth-order valence-electron chi connectivity index (χ4n) is 2.44. The molecule has 0 aliphatic carbocycles. The highest BCUT2D eigenvalue weighted by molar-refractivity contribution is 7.92. The monoisotopic (exact) mass is 378 g/mol. The first-order valence-electron chi connectivity index (χ1n) is 7.90. The lowest BCUT2D eigenvalue weighted by Crippen LogP contribution is -2.38. The maximum atomic E-state index is 12.2. The molecule has 0 bridgehead atoms. The molecule has 2 aromatic rings. The van der Waals surface area contributed by atoms with Crippen LogP contribution < -0.4 is 19.1 Å². The van der Waals surface area contributed by atoms with Crippen LogP contribution in [0.2, 0.25) is 0 Å². The van der Waals surface area contributed by atoms with Gasteiger partial charge in [-0.15, -0.1) is 0 Å². The molecular formula is C18H22N2O5S. The molecule has 0 heterocycles. The Morgan fingerprint density at radius 1 is 1.08 bits per heavy atom. The first kappa shape index (κ1) is 19.6. The molecule has 140 valence electrons. The number of hydrogen-bond acceptors (Lipinski definition) is 5. The van der Waals surface area contributed by atoms with E-state index in [0.717, 1.165) is 6.26 Å². The smallest absolute Gasteiger partial charge is 0.251 e. The van der Waals surface area contributed by atoms with E-state index in [9.17, 15) is 13.2 Å². The molecule has 2 rings (SSSR count). The lowest BCUT2D eigenvalue weighted by Gasteiger charge is -2.24. The zero-order valence-corrected chi connectivity index (χ0v) is 15.7. The van der Waals surface area contributed by atoms with Crippen LogP contribution in [0.3, 0.4) is 0 Å². The number of amides is 1. The minimum Gasteiger partial charge on any atom is -0.497 e. The Bertz CT molecular complexity index is 867. The van der Waals surface area contributed by atoms with Crippen molar-refractivity contribution < 1.29 is 22.7 Å². The minimum atomic E-state index is -3.54. The summed E-state index contributed by atoms with van der Waals surface area (Å²) in [5.41, 5.74) is 0.862. The second-order valence-corrected chi connectivity index (χ2v) is 7.40. The van der Waals surface area contributed by atoms with Crippen LogP contribution in [-0.4, -0.2) is 47.9 Å². The van der Waals surface area contributed by atoms with Crippen LogP contribution in [0.5, 0.6) is 11.5 Å². The van der Waals surface area contributed by atoms with E-state index in [0.29, 0.717) is 22.7 Å². The third-order valence-corrected chi connectivity index (χ3v) is 4.87. The summed E-state index contributed by atoms with van der Waals surface area (Å²) >= 11 is 0. The molecule has 0 saturated heterocycles. The van der Waals surface area contributed by atoms with Gasteiger partial charge >= 0.3 is 0 Å². The quantitative estimate of drug-likeness (QED) is 0.758. The van der Waals surface area contributed by atoms with Crippen LogP contribution in [0.25, 0.3) is 0 Å². The molecule has 1 N–H and O–H groups in total. The highest BCUT2D eigenvalue weighted by atomic mass is 32.2. The molecule has 0 fully saturated rings. The SMILES string of the molecule is COc1cccc(C(=O)NCCN(c2ccccc2OC)S(C)(=O)=O)c1. The first-order chi connectivity index (χ1) is 12.4. The van der Waals surface area contributed by atoms with E-state index < -0.39 is 10.0 Å². The zero-order valence-electron chi connectivity index (χ0n) is 14.9. The van der Waals surface area contributed by atoms with Crippen molar-refractivity contribution in [3.05, 3.63) is 54.1 Å². The number of carbonyl (C=O) groups excluding carboxylic acids is 1. The number of para-hydroxylation sites is 2. The topological polar surface area (TPSA) is 84.9 Å². The van der Waals surface area contributed by atoms with Gasteiger partial charge in [0.25, 0.3) is 5.91 Å². The number of hydrogen-bond donors (Lipinski definition) is 1. The second kappa shape index (κ2) is 8.57. The molecule has 8 heteroatoms. The highest BCUT2D eigenvalue weighted by Gasteiger charge is 2.20. The molecule has 26 heavy (non-hydrogen) atoms. The Balaban J connectivity index is 2.10. The van der Waals surface area contributed by atoms with E-state index in [2.05, 4.69) is 5.32 Å². The fraction of sp³-hybridized carbons (Fsp3) is 0.278. The van der Waals surface area contributed by atoms with E-state index in [1.807, 2.05) is 0 Å². The van der Waals surface area contributed by atoms with Crippen molar-refractivity contribution >= 4 is 21.6 Å². The van der Waals surface area contributed by atoms with Gasteiger partial charge in [0.15, 0.2) is 0 Å². The van der Waals surface area contributed by atoms with Gasteiger partial charge in [0.05, 0.1) is 32.7 Å². The van der Waals surface area contributed by atoms with Crippen molar-refractivity contribution in [2.24, 2.45) is 0 Å². The maximum absolute atomic E-state index is 12.2. The van der Waals surface area contributed by atoms with E-state index in [1.165, 1.54) is 18.5 Å². The Hall–Kier alpha value is -2.74. The van der Waals surface area contributed by atoms with Crippen molar-refractivity contribution in [3.63, 3.8) is 0 Å². The third-order valence-electron chi connectivity index (χ3n) is 3.69. The van der Waals surface area contributed by atoms with E-state index in [-0.39, 0.29) is 19.0 Å². The summed E-state index contributed by atoms with van der Waals surface area (Å²) < 4.78 is 35.9. The van der Waals surface area contributed by atoms with Crippen LogP contribution in [0.1, 0.15) is 10.4 Å². The molecule has 1 amide bonds. The molecule has 0 atom stereocenters.